The van der Waals surface area contributed by atoms with Crippen LogP contribution in [0.1, 0.15) is 46.0 Å². The first-order valence-electron chi connectivity index (χ1n) is 7.30. The van der Waals surface area contributed by atoms with E-state index in [-0.39, 0.29) is 0 Å². The molecule has 0 spiro atoms. The monoisotopic (exact) mass is 242 g/mol. The Hall–Kier alpha value is -0.120. The SMILES string of the molecule is CCCNCC(CC)N(C)CC1CCCCO1. The molecule has 0 bridgehead atoms. The third kappa shape index (κ3) is 5.84. The van der Waals surface area contributed by atoms with Crippen LogP contribution in [0.15, 0.2) is 0 Å². The van der Waals surface area contributed by atoms with Gasteiger partial charge in [-0.3, -0.25) is 4.90 Å². The molecule has 1 saturated heterocycles. The molecule has 17 heavy (non-hydrogen) atoms. The lowest BCUT2D eigenvalue weighted by Gasteiger charge is -2.32. The van der Waals surface area contributed by atoms with E-state index in [4.69, 9.17) is 4.74 Å². The Morgan fingerprint density at radius 3 is 2.76 bits per heavy atom. The highest BCUT2D eigenvalue weighted by molar-refractivity contribution is 4.74. The van der Waals surface area contributed by atoms with E-state index in [2.05, 4.69) is 31.1 Å². The number of ether oxygens (including phenoxy) is 1. The molecule has 0 saturated carbocycles. The standard InChI is InChI=1S/C14H30N2O/c1-4-9-15-11-13(5-2)16(3)12-14-8-6-7-10-17-14/h13-15H,4-12H2,1-3H3. The zero-order valence-electron chi connectivity index (χ0n) is 11.9. The lowest BCUT2D eigenvalue weighted by atomic mass is 10.1. The first-order valence-corrected chi connectivity index (χ1v) is 7.30. The number of nitrogens with zero attached hydrogens (tertiary/aromatic N) is 1. The van der Waals surface area contributed by atoms with E-state index in [1.165, 1.54) is 32.1 Å². The van der Waals surface area contributed by atoms with Crippen LogP contribution >= 0.6 is 0 Å². The number of rotatable bonds is 8. The molecule has 3 nitrogen and oxygen atoms in total. The Balaban J connectivity index is 2.23. The van der Waals surface area contributed by atoms with Crippen molar-refractivity contribution in [3.8, 4) is 0 Å². The fourth-order valence-corrected chi connectivity index (χ4v) is 2.48. The predicted octanol–water partition coefficient (Wildman–Crippen LogP) is 2.27. The summed E-state index contributed by atoms with van der Waals surface area (Å²) in [7, 11) is 2.24. The average molecular weight is 242 g/mol. The zero-order chi connectivity index (χ0) is 12.5. The molecule has 102 valence electrons. The minimum atomic E-state index is 0.467. The smallest absolute Gasteiger partial charge is 0.0702 e. The van der Waals surface area contributed by atoms with Gasteiger partial charge in [0.05, 0.1) is 6.10 Å². The molecule has 1 fully saturated rings. The maximum Gasteiger partial charge on any atom is 0.0702 e. The number of hydrogen-bond donors (Lipinski definition) is 1. The van der Waals surface area contributed by atoms with Gasteiger partial charge in [-0.1, -0.05) is 13.8 Å². The van der Waals surface area contributed by atoms with Gasteiger partial charge in [-0.2, -0.15) is 0 Å². The molecule has 1 N–H and O–H groups in total. The molecule has 0 amide bonds. The summed E-state index contributed by atoms with van der Waals surface area (Å²) >= 11 is 0. The van der Waals surface area contributed by atoms with E-state index in [9.17, 15) is 0 Å². The summed E-state index contributed by atoms with van der Waals surface area (Å²) < 4.78 is 5.81. The maximum absolute atomic E-state index is 5.81. The molecular formula is C14H30N2O. The predicted molar refractivity (Wildman–Crippen MR) is 73.5 cm³/mol. The van der Waals surface area contributed by atoms with Crippen molar-refractivity contribution in [1.29, 1.82) is 0 Å². The summed E-state index contributed by atoms with van der Waals surface area (Å²) in [5.74, 6) is 0. The Kier molecular flexibility index (Phi) is 7.82. The first-order chi connectivity index (χ1) is 8.27. The second kappa shape index (κ2) is 8.90. The van der Waals surface area contributed by atoms with Crippen molar-refractivity contribution in [1.82, 2.24) is 10.2 Å². The summed E-state index contributed by atoms with van der Waals surface area (Å²) in [5, 5.41) is 3.52. The molecule has 0 aromatic rings. The van der Waals surface area contributed by atoms with Crippen LogP contribution in [0.3, 0.4) is 0 Å². The van der Waals surface area contributed by atoms with Gasteiger partial charge in [0, 0.05) is 25.7 Å². The topological polar surface area (TPSA) is 24.5 Å². The van der Waals surface area contributed by atoms with Crippen LogP contribution in [0.2, 0.25) is 0 Å². The van der Waals surface area contributed by atoms with Crippen molar-refractivity contribution >= 4 is 0 Å². The van der Waals surface area contributed by atoms with Gasteiger partial charge in [0.15, 0.2) is 0 Å². The van der Waals surface area contributed by atoms with E-state index >= 15 is 0 Å². The van der Waals surface area contributed by atoms with Crippen molar-refractivity contribution in [2.24, 2.45) is 0 Å². The molecule has 0 aromatic carbocycles. The highest BCUT2D eigenvalue weighted by atomic mass is 16.5. The highest BCUT2D eigenvalue weighted by Crippen LogP contribution is 2.14. The average Bonchev–Trinajstić information content (AvgIpc) is 2.36. The van der Waals surface area contributed by atoms with Gasteiger partial charge < -0.3 is 10.1 Å². The minimum absolute atomic E-state index is 0.467. The lowest BCUT2D eigenvalue weighted by Crippen LogP contribution is -2.44. The van der Waals surface area contributed by atoms with Crippen molar-refractivity contribution in [2.45, 2.75) is 58.1 Å². The third-order valence-corrected chi connectivity index (χ3v) is 3.67. The lowest BCUT2D eigenvalue weighted by molar-refractivity contribution is -0.00833. The van der Waals surface area contributed by atoms with E-state index in [1.807, 2.05) is 0 Å². The number of likely N-dealkylation sites (N-methyl/N-ethyl adjacent to an activating group) is 1. The zero-order valence-corrected chi connectivity index (χ0v) is 11.9. The van der Waals surface area contributed by atoms with Crippen LogP contribution in [-0.4, -0.2) is 50.3 Å². The van der Waals surface area contributed by atoms with Gasteiger partial charge in [0.2, 0.25) is 0 Å². The van der Waals surface area contributed by atoms with Crippen molar-refractivity contribution in [3.05, 3.63) is 0 Å². The summed E-state index contributed by atoms with van der Waals surface area (Å²) in [6.45, 7) is 8.78. The van der Waals surface area contributed by atoms with E-state index in [1.54, 1.807) is 0 Å². The molecule has 0 aromatic heterocycles. The van der Waals surface area contributed by atoms with Gasteiger partial charge >= 0.3 is 0 Å². The van der Waals surface area contributed by atoms with Gasteiger partial charge in [-0.25, -0.2) is 0 Å². The molecule has 2 atom stereocenters. The number of hydrogen-bond acceptors (Lipinski definition) is 3. The van der Waals surface area contributed by atoms with Crippen molar-refractivity contribution in [3.63, 3.8) is 0 Å². The third-order valence-electron chi connectivity index (χ3n) is 3.67. The van der Waals surface area contributed by atoms with Gasteiger partial charge in [-0.15, -0.1) is 0 Å². The Bertz CT molecular complexity index is 181. The quantitative estimate of drug-likeness (QED) is 0.661. The second-order valence-corrected chi connectivity index (χ2v) is 5.19. The molecule has 1 heterocycles. The molecular weight excluding hydrogens is 212 g/mol. The molecule has 0 radical (unpaired) electrons. The van der Waals surface area contributed by atoms with Gasteiger partial charge in [0.25, 0.3) is 0 Å². The number of nitrogens with one attached hydrogen (secondary N) is 1. The summed E-state index contributed by atoms with van der Waals surface area (Å²) in [5.41, 5.74) is 0. The molecule has 1 rings (SSSR count). The van der Waals surface area contributed by atoms with E-state index in [0.717, 1.165) is 26.2 Å². The molecule has 0 aliphatic carbocycles. The minimum Gasteiger partial charge on any atom is -0.377 e. The Morgan fingerprint density at radius 1 is 1.35 bits per heavy atom. The first kappa shape index (κ1) is 14.9. The van der Waals surface area contributed by atoms with Crippen LogP contribution < -0.4 is 5.32 Å². The van der Waals surface area contributed by atoms with Crippen LogP contribution in [-0.2, 0) is 4.74 Å². The highest BCUT2D eigenvalue weighted by Gasteiger charge is 2.19. The molecule has 1 aliphatic heterocycles. The summed E-state index contributed by atoms with van der Waals surface area (Å²) in [6.07, 6.45) is 6.71. The van der Waals surface area contributed by atoms with Crippen LogP contribution in [0.25, 0.3) is 0 Å². The Morgan fingerprint density at radius 2 is 2.18 bits per heavy atom. The van der Waals surface area contributed by atoms with Gasteiger partial charge in [0.1, 0.15) is 0 Å². The molecule has 2 unspecified atom stereocenters. The molecule has 1 aliphatic rings. The fraction of sp³-hybridized carbons (Fsp3) is 1.00. The van der Waals surface area contributed by atoms with E-state index in [0.29, 0.717) is 12.1 Å². The second-order valence-electron chi connectivity index (χ2n) is 5.19. The largest absolute Gasteiger partial charge is 0.377 e. The van der Waals surface area contributed by atoms with Crippen LogP contribution in [0.4, 0.5) is 0 Å². The summed E-state index contributed by atoms with van der Waals surface area (Å²) in [6, 6.07) is 0.645. The normalized spacial score (nSPS) is 22.9. The van der Waals surface area contributed by atoms with Crippen LogP contribution in [0, 0.1) is 0 Å². The fourth-order valence-electron chi connectivity index (χ4n) is 2.48. The van der Waals surface area contributed by atoms with Crippen molar-refractivity contribution < 1.29 is 4.74 Å². The van der Waals surface area contributed by atoms with Crippen molar-refractivity contribution in [2.75, 3.05) is 33.3 Å². The van der Waals surface area contributed by atoms with Crippen LogP contribution in [0.5, 0.6) is 0 Å². The summed E-state index contributed by atoms with van der Waals surface area (Å²) in [4.78, 5) is 2.47. The molecule has 3 heteroatoms. The van der Waals surface area contributed by atoms with Gasteiger partial charge in [-0.05, 0) is 45.7 Å². The maximum atomic E-state index is 5.81. The van der Waals surface area contributed by atoms with E-state index < -0.39 is 0 Å². The Labute approximate surface area is 107 Å².